The summed E-state index contributed by atoms with van der Waals surface area (Å²) >= 11 is 10.4. The van der Waals surface area contributed by atoms with Crippen LogP contribution in [0.2, 0.25) is 5.02 Å². The Balaban J connectivity index is 2.06. The molecule has 0 heterocycles. The van der Waals surface area contributed by atoms with E-state index in [0.29, 0.717) is 6.07 Å². The van der Waals surface area contributed by atoms with Crippen molar-refractivity contribution in [2.75, 3.05) is 5.32 Å². The van der Waals surface area contributed by atoms with E-state index < -0.39 is 34.3 Å². The van der Waals surface area contributed by atoms with Crippen molar-refractivity contribution in [3.8, 4) is 0 Å². The van der Waals surface area contributed by atoms with Gasteiger partial charge >= 0.3 is 12.4 Å². The van der Waals surface area contributed by atoms with Gasteiger partial charge in [-0.15, -0.1) is 0 Å². The summed E-state index contributed by atoms with van der Waals surface area (Å²) in [6.45, 7) is -0.271. The van der Waals surface area contributed by atoms with E-state index in [0.717, 1.165) is 24.3 Å². The highest BCUT2D eigenvalue weighted by Gasteiger charge is 2.33. The lowest BCUT2D eigenvalue weighted by molar-refractivity contribution is -0.138. The molecule has 0 aromatic heterocycles. The smallest absolute Gasteiger partial charge is 0.358 e. The molecule has 2 rings (SSSR count). The second-order valence-electron chi connectivity index (χ2n) is 5.35. The third-order valence-electron chi connectivity index (χ3n) is 3.27. The van der Waals surface area contributed by atoms with Crippen LogP contribution in [0.15, 0.2) is 36.4 Å². The van der Waals surface area contributed by atoms with Crippen molar-refractivity contribution in [3.05, 3.63) is 63.9 Å². The number of alkyl halides is 6. The Bertz CT molecular complexity index is 850. The van der Waals surface area contributed by atoms with Gasteiger partial charge in [-0.3, -0.25) is 0 Å². The quantitative estimate of drug-likeness (QED) is 0.461. The molecule has 2 nitrogen and oxygen atoms in total. The minimum Gasteiger partial charge on any atom is -0.358 e. The maximum Gasteiger partial charge on any atom is 0.417 e. The number of hydrogen-bond donors (Lipinski definition) is 2. The molecule has 0 aliphatic rings. The summed E-state index contributed by atoms with van der Waals surface area (Å²) in [5, 5.41) is 4.30. The molecule has 0 spiro atoms. The van der Waals surface area contributed by atoms with Gasteiger partial charge in [0, 0.05) is 12.2 Å². The number of rotatable bonds is 3. The highest BCUT2D eigenvalue weighted by molar-refractivity contribution is 7.80. The minimum absolute atomic E-state index is 0.0283. The van der Waals surface area contributed by atoms with Gasteiger partial charge in [-0.25, -0.2) is 4.39 Å². The molecule has 0 saturated carbocycles. The van der Waals surface area contributed by atoms with Crippen LogP contribution in [0.4, 0.5) is 36.4 Å². The maximum absolute atomic E-state index is 13.3. The molecule has 0 aliphatic heterocycles. The Morgan fingerprint density at radius 1 is 0.963 bits per heavy atom. The van der Waals surface area contributed by atoms with Crippen molar-refractivity contribution in [2.24, 2.45) is 0 Å². The Labute approximate surface area is 159 Å². The predicted octanol–water partition coefficient (Wildman–Crippen LogP) is 6.00. The minimum atomic E-state index is -4.72. The van der Waals surface area contributed by atoms with Crippen LogP contribution in [-0.4, -0.2) is 5.11 Å². The number of anilines is 1. The standard InChI is InChI=1S/C16H10ClF7N2S/c17-13-2-1-11(6-12(13)16(22,23)24)26-14(27)25-7-8-3-9(15(19,20)21)5-10(18)4-8/h1-6H,7H2,(H2,25,26,27). The average molecular weight is 431 g/mol. The van der Waals surface area contributed by atoms with Crippen LogP contribution in [0, 0.1) is 5.82 Å². The molecule has 0 unspecified atom stereocenters. The first kappa shape index (κ1) is 21.2. The lowest BCUT2D eigenvalue weighted by Gasteiger charge is -2.14. The van der Waals surface area contributed by atoms with E-state index in [1.54, 1.807) is 0 Å². The summed E-state index contributed by atoms with van der Waals surface area (Å²) in [6, 6.07) is 4.98. The lowest BCUT2D eigenvalue weighted by atomic mass is 10.1. The van der Waals surface area contributed by atoms with Crippen molar-refractivity contribution >= 4 is 34.6 Å². The van der Waals surface area contributed by atoms with Crippen LogP contribution in [-0.2, 0) is 18.9 Å². The van der Waals surface area contributed by atoms with Gasteiger partial charge in [-0.05, 0) is 54.2 Å². The largest absolute Gasteiger partial charge is 0.417 e. The fourth-order valence-corrected chi connectivity index (χ4v) is 2.51. The summed E-state index contributed by atoms with van der Waals surface area (Å²) in [6.07, 6.45) is -9.38. The van der Waals surface area contributed by atoms with Crippen LogP contribution < -0.4 is 10.6 Å². The van der Waals surface area contributed by atoms with Crippen molar-refractivity contribution in [1.82, 2.24) is 5.32 Å². The molecule has 0 amide bonds. The zero-order chi connectivity index (χ0) is 20.4. The molecule has 0 bridgehead atoms. The first-order chi connectivity index (χ1) is 12.4. The van der Waals surface area contributed by atoms with E-state index in [1.807, 2.05) is 0 Å². The summed E-state index contributed by atoms with van der Waals surface area (Å²) in [4.78, 5) is 0. The Morgan fingerprint density at radius 3 is 2.22 bits per heavy atom. The van der Waals surface area contributed by atoms with Crippen LogP contribution >= 0.6 is 23.8 Å². The third-order valence-corrected chi connectivity index (χ3v) is 3.84. The number of hydrogen-bond acceptors (Lipinski definition) is 1. The first-order valence-corrected chi connectivity index (χ1v) is 7.93. The van der Waals surface area contributed by atoms with Gasteiger partial charge in [0.1, 0.15) is 5.82 Å². The van der Waals surface area contributed by atoms with Crippen LogP contribution in [0.25, 0.3) is 0 Å². The maximum atomic E-state index is 13.3. The number of halogens is 8. The van der Waals surface area contributed by atoms with Crippen LogP contribution in [0.5, 0.6) is 0 Å². The third kappa shape index (κ3) is 5.96. The van der Waals surface area contributed by atoms with Crippen molar-refractivity contribution in [1.29, 1.82) is 0 Å². The lowest BCUT2D eigenvalue weighted by Crippen LogP contribution is -2.28. The number of nitrogens with one attached hydrogen (secondary N) is 2. The van der Waals surface area contributed by atoms with Crippen molar-refractivity contribution in [3.63, 3.8) is 0 Å². The highest BCUT2D eigenvalue weighted by Crippen LogP contribution is 2.36. The molecule has 0 fully saturated rings. The number of benzene rings is 2. The Kier molecular flexibility index (Phi) is 6.21. The van der Waals surface area contributed by atoms with E-state index in [1.165, 1.54) is 6.07 Å². The monoisotopic (exact) mass is 430 g/mol. The van der Waals surface area contributed by atoms with Crippen LogP contribution in [0.1, 0.15) is 16.7 Å². The predicted molar refractivity (Wildman–Crippen MR) is 90.9 cm³/mol. The highest BCUT2D eigenvalue weighted by atomic mass is 35.5. The van der Waals surface area contributed by atoms with E-state index in [-0.39, 0.29) is 22.9 Å². The van der Waals surface area contributed by atoms with E-state index in [2.05, 4.69) is 10.6 Å². The SMILES string of the molecule is Fc1cc(CNC(=S)Nc2ccc(Cl)c(C(F)(F)F)c2)cc(C(F)(F)F)c1. The van der Waals surface area contributed by atoms with Crippen LogP contribution in [0.3, 0.4) is 0 Å². The first-order valence-electron chi connectivity index (χ1n) is 7.14. The van der Waals surface area contributed by atoms with Crippen molar-refractivity contribution in [2.45, 2.75) is 18.9 Å². The van der Waals surface area contributed by atoms with Gasteiger partial charge in [-0.2, -0.15) is 26.3 Å². The zero-order valence-electron chi connectivity index (χ0n) is 13.1. The van der Waals surface area contributed by atoms with Gasteiger partial charge in [0.25, 0.3) is 0 Å². The van der Waals surface area contributed by atoms with E-state index in [9.17, 15) is 30.7 Å². The molecule has 11 heteroatoms. The molecular formula is C16H10ClF7N2S. The molecule has 2 N–H and O–H groups in total. The molecule has 2 aromatic carbocycles. The molecule has 0 atom stereocenters. The molecular weight excluding hydrogens is 421 g/mol. The topological polar surface area (TPSA) is 24.1 Å². The van der Waals surface area contributed by atoms with E-state index in [4.69, 9.17) is 23.8 Å². The van der Waals surface area contributed by atoms with Gasteiger partial charge in [0.15, 0.2) is 5.11 Å². The van der Waals surface area contributed by atoms with Gasteiger partial charge in [0.05, 0.1) is 16.1 Å². The fourth-order valence-electron chi connectivity index (χ4n) is 2.09. The average Bonchev–Trinajstić information content (AvgIpc) is 2.52. The molecule has 0 aliphatic carbocycles. The second-order valence-corrected chi connectivity index (χ2v) is 6.16. The number of thiocarbonyl (C=S) groups is 1. The Hall–Kier alpha value is -2.07. The van der Waals surface area contributed by atoms with Gasteiger partial charge in [-0.1, -0.05) is 11.6 Å². The molecule has 27 heavy (non-hydrogen) atoms. The summed E-state index contributed by atoms with van der Waals surface area (Å²) in [5.41, 5.74) is -2.30. The van der Waals surface area contributed by atoms with Gasteiger partial charge in [0.2, 0.25) is 0 Å². The fraction of sp³-hybridized carbons (Fsp3) is 0.188. The summed E-state index contributed by atoms with van der Waals surface area (Å²) < 4.78 is 89.8. The molecule has 2 aromatic rings. The zero-order valence-corrected chi connectivity index (χ0v) is 14.7. The van der Waals surface area contributed by atoms with Gasteiger partial charge < -0.3 is 10.6 Å². The second kappa shape index (κ2) is 7.89. The normalized spacial score (nSPS) is 12.0. The summed E-state index contributed by atoms with van der Waals surface area (Å²) in [7, 11) is 0. The molecule has 0 radical (unpaired) electrons. The Morgan fingerprint density at radius 2 is 1.63 bits per heavy atom. The molecule has 146 valence electrons. The molecule has 0 saturated heterocycles. The van der Waals surface area contributed by atoms with Crippen molar-refractivity contribution < 1.29 is 30.7 Å². The summed E-state index contributed by atoms with van der Waals surface area (Å²) in [5.74, 6) is -1.08. The van der Waals surface area contributed by atoms with E-state index >= 15 is 0 Å².